The van der Waals surface area contributed by atoms with E-state index in [1.165, 1.54) is 10.4 Å². The van der Waals surface area contributed by atoms with Crippen LogP contribution in [0.5, 0.6) is 5.75 Å². The Balaban J connectivity index is 1.52. The van der Waals surface area contributed by atoms with Crippen molar-refractivity contribution < 1.29 is 17.9 Å². The minimum absolute atomic E-state index is 0.0989. The second kappa shape index (κ2) is 11.5. The van der Waals surface area contributed by atoms with Crippen molar-refractivity contribution in [1.82, 2.24) is 9.21 Å². The number of piperazine rings is 1. The predicted molar refractivity (Wildman–Crippen MR) is 147 cm³/mol. The number of nitrogens with zero attached hydrogens (tertiary/aromatic N) is 3. The Labute approximate surface area is 224 Å². The number of aryl methyl sites for hydroxylation is 2. The quantitative estimate of drug-likeness (QED) is 0.420. The van der Waals surface area contributed by atoms with Crippen molar-refractivity contribution in [3.05, 3.63) is 88.4 Å². The smallest absolute Gasteiger partial charge is 0.243 e. The van der Waals surface area contributed by atoms with Gasteiger partial charge in [0.05, 0.1) is 18.6 Å². The number of sulfonamides is 1. The molecule has 1 fully saturated rings. The van der Waals surface area contributed by atoms with Gasteiger partial charge in [-0.2, -0.15) is 4.31 Å². The number of hydrogen-bond donors (Lipinski definition) is 0. The summed E-state index contributed by atoms with van der Waals surface area (Å²) in [5.41, 5.74) is 3.70. The predicted octanol–water partition coefficient (Wildman–Crippen LogP) is 4.51. The number of amides is 1. The van der Waals surface area contributed by atoms with Crippen LogP contribution in [0.2, 0.25) is 5.02 Å². The molecule has 3 aromatic rings. The van der Waals surface area contributed by atoms with E-state index in [0.29, 0.717) is 42.5 Å². The average molecular weight is 542 g/mol. The molecule has 0 N–H and O–H groups in total. The van der Waals surface area contributed by atoms with E-state index in [0.717, 1.165) is 16.8 Å². The van der Waals surface area contributed by atoms with E-state index in [2.05, 4.69) is 4.90 Å². The zero-order chi connectivity index (χ0) is 26.6. The molecule has 0 saturated carbocycles. The maximum atomic E-state index is 13.7. The number of hydrogen-bond acceptors (Lipinski definition) is 5. The van der Waals surface area contributed by atoms with Crippen LogP contribution in [0.3, 0.4) is 0 Å². The molecule has 3 aromatic carbocycles. The molecule has 1 aliphatic heterocycles. The van der Waals surface area contributed by atoms with Gasteiger partial charge in [0.1, 0.15) is 5.75 Å². The van der Waals surface area contributed by atoms with E-state index in [1.807, 2.05) is 55.5 Å². The van der Waals surface area contributed by atoms with Gasteiger partial charge >= 0.3 is 0 Å². The van der Waals surface area contributed by atoms with Crippen LogP contribution < -0.4 is 9.64 Å². The van der Waals surface area contributed by atoms with Gasteiger partial charge in [-0.25, -0.2) is 8.42 Å². The fourth-order valence-corrected chi connectivity index (χ4v) is 6.17. The van der Waals surface area contributed by atoms with Crippen molar-refractivity contribution in [3.8, 4) is 5.75 Å². The monoisotopic (exact) mass is 541 g/mol. The van der Waals surface area contributed by atoms with Crippen LogP contribution in [-0.4, -0.2) is 63.4 Å². The molecule has 7 nitrogen and oxygen atoms in total. The van der Waals surface area contributed by atoms with Crippen LogP contribution in [0.15, 0.2) is 71.6 Å². The lowest BCUT2D eigenvalue weighted by Gasteiger charge is -2.37. The first-order valence-electron chi connectivity index (χ1n) is 12.2. The normalized spacial score (nSPS) is 14.2. The molecule has 0 atom stereocenters. The molecule has 0 radical (unpaired) electrons. The van der Waals surface area contributed by atoms with Gasteiger partial charge in [-0.3, -0.25) is 4.79 Å². The van der Waals surface area contributed by atoms with Gasteiger partial charge < -0.3 is 14.5 Å². The van der Waals surface area contributed by atoms with Crippen LogP contribution in [0.25, 0.3) is 0 Å². The lowest BCUT2D eigenvalue weighted by Crippen LogP contribution is -2.51. The number of halogens is 1. The van der Waals surface area contributed by atoms with Crippen LogP contribution in [0.4, 0.5) is 5.69 Å². The summed E-state index contributed by atoms with van der Waals surface area (Å²) in [5, 5.41) is 0.676. The van der Waals surface area contributed by atoms with E-state index < -0.39 is 10.0 Å². The SMILES string of the molecule is COc1ccc(S(=O)(=O)N(CC(=O)N2CCN(c3cc(Cl)ccc3C)CC2)Cc2ccccc2)cc1C. The van der Waals surface area contributed by atoms with Crippen molar-refractivity contribution in [2.75, 3.05) is 44.7 Å². The highest BCUT2D eigenvalue weighted by atomic mass is 35.5. The molecule has 4 rings (SSSR count). The molecular formula is C28H32ClN3O4S. The van der Waals surface area contributed by atoms with Crippen LogP contribution >= 0.6 is 11.6 Å². The summed E-state index contributed by atoms with van der Waals surface area (Å²) in [6.07, 6.45) is 0. The number of rotatable bonds is 8. The van der Waals surface area contributed by atoms with Crippen LogP contribution in [0, 0.1) is 13.8 Å². The molecule has 1 heterocycles. The Kier molecular flexibility index (Phi) is 8.42. The van der Waals surface area contributed by atoms with Gasteiger partial charge in [-0.05, 0) is 60.9 Å². The first-order chi connectivity index (χ1) is 17.7. The van der Waals surface area contributed by atoms with E-state index >= 15 is 0 Å². The molecule has 0 unspecified atom stereocenters. The second-order valence-electron chi connectivity index (χ2n) is 9.19. The Hall–Kier alpha value is -3.07. The summed E-state index contributed by atoms with van der Waals surface area (Å²) in [6, 6.07) is 19.9. The summed E-state index contributed by atoms with van der Waals surface area (Å²) in [5.74, 6) is 0.393. The molecule has 37 heavy (non-hydrogen) atoms. The zero-order valence-corrected chi connectivity index (χ0v) is 22.9. The van der Waals surface area contributed by atoms with Crippen molar-refractivity contribution >= 4 is 33.2 Å². The lowest BCUT2D eigenvalue weighted by molar-refractivity contribution is -0.131. The second-order valence-corrected chi connectivity index (χ2v) is 11.6. The summed E-state index contributed by atoms with van der Waals surface area (Å²) in [6.45, 7) is 6.01. The third kappa shape index (κ3) is 6.26. The Morgan fingerprint density at radius 1 is 0.946 bits per heavy atom. The van der Waals surface area contributed by atoms with Gasteiger partial charge in [0.25, 0.3) is 0 Å². The van der Waals surface area contributed by atoms with Crippen LogP contribution in [0.1, 0.15) is 16.7 Å². The molecule has 0 aromatic heterocycles. The zero-order valence-electron chi connectivity index (χ0n) is 21.4. The lowest BCUT2D eigenvalue weighted by atomic mass is 10.1. The number of methoxy groups -OCH3 is 1. The van der Waals surface area contributed by atoms with Gasteiger partial charge in [0, 0.05) is 43.4 Å². The fraction of sp³-hybridized carbons (Fsp3) is 0.321. The van der Waals surface area contributed by atoms with E-state index in [9.17, 15) is 13.2 Å². The number of benzene rings is 3. The molecule has 1 aliphatic rings. The maximum absolute atomic E-state index is 13.7. The summed E-state index contributed by atoms with van der Waals surface area (Å²) < 4.78 is 34.0. The highest BCUT2D eigenvalue weighted by molar-refractivity contribution is 7.89. The van der Waals surface area contributed by atoms with E-state index in [1.54, 1.807) is 31.1 Å². The molecule has 0 spiro atoms. The number of anilines is 1. The third-order valence-electron chi connectivity index (χ3n) is 6.66. The molecule has 1 amide bonds. The summed E-state index contributed by atoms with van der Waals surface area (Å²) >= 11 is 6.20. The molecule has 1 saturated heterocycles. The molecule has 9 heteroatoms. The third-order valence-corrected chi connectivity index (χ3v) is 8.68. The minimum Gasteiger partial charge on any atom is -0.496 e. The van der Waals surface area contributed by atoms with Crippen molar-refractivity contribution in [3.63, 3.8) is 0 Å². The highest BCUT2D eigenvalue weighted by Gasteiger charge is 2.30. The Morgan fingerprint density at radius 3 is 2.30 bits per heavy atom. The highest BCUT2D eigenvalue weighted by Crippen LogP contribution is 2.27. The molecule has 196 valence electrons. The van der Waals surface area contributed by atoms with Gasteiger partial charge in [0.2, 0.25) is 15.9 Å². The Morgan fingerprint density at radius 2 is 1.65 bits per heavy atom. The standard InChI is InChI=1S/C28H32ClN3O4S/c1-21-9-10-24(29)18-26(21)30-13-15-31(16-14-30)28(33)20-32(19-23-7-5-4-6-8-23)37(34,35)25-11-12-27(36-3)22(2)17-25/h4-12,17-18H,13-16,19-20H2,1-3H3. The molecular weight excluding hydrogens is 510 g/mol. The van der Waals surface area contributed by atoms with Gasteiger partial charge in [-0.1, -0.05) is 48.0 Å². The van der Waals surface area contributed by atoms with E-state index in [-0.39, 0.29) is 23.9 Å². The largest absolute Gasteiger partial charge is 0.496 e. The Bertz CT molecular complexity index is 1360. The van der Waals surface area contributed by atoms with Crippen molar-refractivity contribution in [2.24, 2.45) is 0 Å². The van der Waals surface area contributed by atoms with Crippen LogP contribution in [-0.2, 0) is 21.4 Å². The van der Waals surface area contributed by atoms with Gasteiger partial charge in [0.15, 0.2) is 0 Å². The number of carbonyl (C=O) groups excluding carboxylic acids is 1. The number of carbonyl (C=O) groups is 1. The number of ether oxygens (including phenoxy) is 1. The average Bonchev–Trinajstić information content (AvgIpc) is 2.90. The van der Waals surface area contributed by atoms with Gasteiger partial charge in [-0.15, -0.1) is 0 Å². The summed E-state index contributed by atoms with van der Waals surface area (Å²) in [7, 11) is -2.39. The first kappa shape index (κ1) is 27.0. The molecule has 0 bridgehead atoms. The summed E-state index contributed by atoms with van der Waals surface area (Å²) in [4.78, 5) is 17.5. The maximum Gasteiger partial charge on any atom is 0.243 e. The first-order valence-corrected chi connectivity index (χ1v) is 14.0. The van der Waals surface area contributed by atoms with E-state index in [4.69, 9.17) is 16.3 Å². The van der Waals surface area contributed by atoms with Crippen molar-refractivity contribution in [2.45, 2.75) is 25.3 Å². The topological polar surface area (TPSA) is 70.2 Å². The minimum atomic E-state index is -3.94. The fourth-order valence-electron chi connectivity index (χ4n) is 4.54. The molecule has 0 aliphatic carbocycles. The van der Waals surface area contributed by atoms with Crippen molar-refractivity contribution in [1.29, 1.82) is 0 Å².